The molecule has 4 heteroatoms. The average Bonchev–Trinajstić information content (AvgIpc) is 2.70. The molecular formula is C12H24N4. The molecule has 0 aliphatic heterocycles. The highest BCUT2D eigenvalue weighted by molar-refractivity contribution is 5.01. The second kappa shape index (κ2) is 7.39. The van der Waals surface area contributed by atoms with Crippen LogP contribution in [-0.4, -0.2) is 21.5 Å². The van der Waals surface area contributed by atoms with Gasteiger partial charge in [0.1, 0.15) is 0 Å². The minimum Gasteiger partial charge on any atom is -0.309 e. The first-order valence-electron chi connectivity index (χ1n) is 6.37. The van der Waals surface area contributed by atoms with Crippen molar-refractivity contribution in [2.24, 2.45) is 7.05 Å². The van der Waals surface area contributed by atoms with Gasteiger partial charge in [-0.25, -0.2) is 0 Å². The summed E-state index contributed by atoms with van der Waals surface area (Å²) in [6, 6.07) is 0.409. The summed E-state index contributed by atoms with van der Waals surface area (Å²) in [5.41, 5.74) is 1.20. The Morgan fingerprint density at radius 2 is 2.12 bits per heavy atom. The molecule has 1 unspecified atom stereocenters. The Morgan fingerprint density at radius 1 is 1.31 bits per heavy atom. The lowest BCUT2D eigenvalue weighted by Crippen LogP contribution is -2.24. The van der Waals surface area contributed by atoms with Gasteiger partial charge in [0.15, 0.2) is 0 Å². The van der Waals surface area contributed by atoms with Gasteiger partial charge in [0, 0.05) is 7.05 Å². The zero-order chi connectivity index (χ0) is 11.8. The summed E-state index contributed by atoms with van der Waals surface area (Å²) in [7, 11) is 1.96. The molecule has 1 heterocycles. The minimum atomic E-state index is 0.409. The summed E-state index contributed by atoms with van der Waals surface area (Å²) in [5.74, 6) is 0. The van der Waals surface area contributed by atoms with Crippen LogP contribution < -0.4 is 5.32 Å². The lowest BCUT2D eigenvalue weighted by molar-refractivity contribution is 0.448. The highest BCUT2D eigenvalue weighted by atomic mass is 15.4. The van der Waals surface area contributed by atoms with Gasteiger partial charge in [-0.05, 0) is 19.4 Å². The molecule has 1 atom stereocenters. The van der Waals surface area contributed by atoms with Crippen molar-refractivity contribution < 1.29 is 0 Å². The number of rotatable bonds is 8. The first-order valence-corrected chi connectivity index (χ1v) is 6.37. The van der Waals surface area contributed by atoms with Crippen LogP contribution in [0.25, 0.3) is 0 Å². The Morgan fingerprint density at radius 3 is 2.69 bits per heavy atom. The Kier molecular flexibility index (Phi) is 6.08. The van der Waals surface area contributed by atoms with Gasteiger partial charge in [0.05, 0.1) is 17.9 Å². The van der Waals surface area contributed by atoms with Crippen LogP contribution in [0.5, 0.6) is 0 Å². The van der Waals surface area contributed by atoms with Gasteiger partial charge in [0.2, 0.25) is 0 Å². The zero-order valence-corrected chi connectivity index (χ0v) is 10.7. The van der Waals surface area contributed by atoms with Gasteiger partial charge in [0.25, 0.3) is 0 Å². The summed E-state index contributed by atoms with van der Waals surface area (Å²) < 4.78 is 1.87. The molecule has 0 aromatic carbocycles. The average molecular weight is 224 g/mol. The molecule has 0 aliphatic rings. The van der Waals surface area contributed by atoms with E-state index in [1.165, 1.54) is 31.4 Å². The molecule has 0 spiro atoms. The molecule has 0 amide bonds. The quantitative estimate of drug-likeness (QED) is 0.690. The summed E-state index contributed by atoms with van der Waals surface area (Å²) in [4.78, 5) is 0. The molecule has 1 aromatic rings. The molecule has 16 heavy (non-hydrogen) atoms. The highest BCUT2D eigenvalue weighted by Crippen LogP contribution is 2.18. The van der Waals surface area contributed by atoms with Crippen LogP contribution in [-0.2, 0) is 7.05 Å². The predicted octanol–water partition coefficient (Wildman–Crippen LogP) is 2.44. The fourth-order valence-corrected chi connectivity index (χ4v) is 1.88. The third-order valence-corrected chi connectivity index (χ3v) is 2.84. The molecule has 0 aliphatic carbocycles. The van der Waals surface area contributed by atoms with Crippen LogP contribution in [0.15, 0.2) is 6.20 Å². The lowest BCUT2D eigenvalue weighted by Gasteiger charge is -2.17. The Balaban J connectivity index is 2.53. The first-order chi connectivity index (χ1) is 7.79. The normalized spacial score (nSPS) is 12.9. The molecule has 0 bridgehead atoms. The lowest BCUT2D eigenvalue weighted by atomic mass is 10.1. The first kappa shape index (κ1) is 13.2. The smallest absolute Gasteiger partial charge is 0.0753 e. The van der Waals surface area contributed by atoms with Crippen LogP contribution in [0.4, 0.5) is 0 Å². The van der Waals surface area contributed by atoms with Crippen LogP contribution in [0.2, 0.25) is 0 Å². The van der Waals surface area contributed by atoms with Crippen LogP contribution in [0.1, 0.15) is 57.7 Å². The summed E-state index contributed by atoms with van der Waals surface area (Å²) >= 11 is 0. The number of hydrogen-bond acceptors (Lipinski definition) is 3. The van der Waals surface area contributed by atoms with Crippen molar-refractivity contribution in [1.82, 2.24) is 20.3 Å². The number of nitrogens with zero attached hydrogens (tertiary/aromatic N) is 3. The third-order valence-electron chi connectivity index (χ3n) is 2.84. The minimum absolute atomic E-state index is 0.409. The molecular weight excluding hydrogens is 200 g/mol. The van der Waals surface area contributed by atoms with E-state index in [9.17, 15) is 0 Å². The van der Waals surface area contributed by atoms with Gasteiger partial charge < -0.3 is 5.32 Å². The molecule has 92 valence electrons. The summed E-state index contributed by atoms with van der Waals surface area (Å²) in [6.07, 6.45) is 8.05. The fraction of sp³-hybridized carbons (Fsp3) is 0.833. The van der Waals surface area contributed by atoms with Crippen LogP contribution >= 0.6 is 0 Å². The van der Waals surface area contributed by atoms with Crippen molar-refractivity contribution in [1.29, 1.82) is 0 Å². The Hall–Kier alpha value is -0.900. The largest absolute Gasteiger partial charge is 0.309 e. The molecule has 4 nitrogen and oxygen atoms in total. The topological polar surface area (TPSA) is 42.7 Å². The maximum Gasteiger partial charge on any atom is 0.0753 e. The van der Waals surface area contributed by atoms with Crippen molar-refractivity contribution in [2.45, 2.75) is 52.0 Å². The van der Waals surface area contributed by atoms with E-state index in [0.29, 0.717) is 6.04 Å². The van der Waals surface area contributed by atoms with E-state index in [0.717, 1.165) is 13.0 Å². The van der Waals surface area contributed by atoms with Gasteiger partial charge in [-0.3, -0.25) is 4.68 Å². The fourth-order valence-electron chi connectivity index (χ4n) is 1.88. The Labute approximate surface area is 98.4 Å². The van der Waals surface area contributed by atoms with E-state index in [2.05, 4.69) is 29.5 Å². The van der Waals surface area contributed by atoms with Crippen molar-refractivity contribution in [2.75, 3.05) is 6.54 Å². The van der Waals surface area contributed by atoms with Crippen molar-refractivity contribution >= 4 is 0 Å². The molecule has 0 radical (unpaired) electrons. The van der Waals surface area contributed by atoms with Crippen LogP contribution in [0, 0.1) is 0 Å². The summed E-state index contributed by atoms with van der Waals surface area (Å²) in [5, 5.41) is 11.5. The van der Waals surface area contributed by atoms with E-state index >= 15 is 0 Å². The van der Waals surface area contributed by atoms with E-state index in [1.807, 2.05) is 17.9 Å². The predicted molar refractivity (Wildman–Crippen MR) is 66.2 cm³/mol. The number of aryl methyl sites for hydroxylation is 1. The number of hydrogen-bond donors (Lipinski definition) is 1. The zero-order valence-electron chi connectivity index (χ0n) is 10.7. The summed E-state index contributed by atoms with van der Waals surface area (Å²) in [6.45, 7) is 5.49. The molecule has 0 fully saturated rings. The molecule has 0 saturated carbocycles. The van der Waals surface area contributed by atoms with Crippen molar-refractivity contribution in [3.63, 3.8) is 0 Å². The highest BCUT2D eigenvalue weighted by Gasteiger charge is 2.14. The molecule has 1 N–H and O–H groups in total. The maximum atomic E-state index is 4.00. The Bertz CT molecular complexity index is 282. The third kappa shape index (κ3) is 3.93. The van der Waals surface area contributed by atoms with Crippen LogP contribution in [0.3, 0.4) is 0 Å². The second-order valence-electron chi connectivity index (χ2n) is 4.28. The number of nitrogens with one attached hydrogen (secondary N) is 1. The van der Waals surface area contributed by atoms with E-state index in [-0.39, 0.29) is 0 Å². The van der Waals surface area contributed by atoms with E-state index < -0.39 is 0 Å². The maximum absolute atomic E-state index is 4.00. The number of unbranched alkanes of at least 4 members (excludes halogenated alkanes) is 2. The van der Waals surface area contributed by atoms with Crippen molar-refractivity contribution in [3.05, 3.63) is 11.9 Å². The van der Waals surface area contributed by atoms with Gasteiger partial charge in [-0.15, -0.1) is 5.10 Å². The monoisotopic (exact) mass is 224 g/mol. The standard InChI is InChI=1S/C12H24N4/c1-4-6-7-8-11(13-9-5-2)12-10-14-15-16(12)3/h10-11,13H,4-9H2,1-3H3. The molecule has 1 rings (SSSR count). The van der Waals surface area contributed by atoms with E-state index in [1.54, 1.807) is 0 Å². The van der Waals surface area contributed by atoms with E-state index in [4.69, 9.17) is 0 Å². The number of aromatic nitrogens is 3. The van der Waals surface area contributed by atoms with Crippen molar-refractivity contribution in [3.8, 4) is 0 Å². The molecule has 0 saturated heterocycles. The SMILES string of the molecule is CCCCCC(NCCC)c1cnnn1C. The van der Waals surface area contributed by atoms with Gasteiger partial charge in [-0.2, -0.15) is 0 Å². The van der Waals surface area contributed by atoms with Gasteiger partial charge >= 0.3 is 0 Å². The second-order valence-corrected chi connectivity index (χ2v) is 4.28. The molecule has 1 aromatic heterocycles. The van der Waals surface area contributed by atoms with Gasteiger partial charge in [-0.1, -0.05) is 38.3 Å².